The number of hydrogen-bond acceptors (Lipinski definition) is 5. The van der Waals surface area contributed by atoms with Crippen LogP contribution in [0.1, 0.15) is 6.92 Å². The van der Waals surface area contributed by atoms with Gasteiger partial charge in [0.2, 0.25) is 6.10 Å². The zero-order chi connectivity index (χ0) is 18.1. The van der Waals surface area contributed by atoms with Crippen molar-refractivity contribution in [1.29, 1.82) is 0 Å². The van der Waals surface area contributed by atoms with Crippen LogP contribution in [0.3, 0.4) is 0 Å². The van der Waals surface area contributed by atoms with Crippen molar-refractivity contribution in [1.82, 2.24) is 4.98 Å². The molecular formula is C19H15ClN2O3S. The topological polar surface area (TPSA) is 60.5 Å². The Morgan fingerprint density at radius 3 is 2.58 bits per heavy atom. The van der Waals surface area contributed by atoms with Crippen LogP contribution in [-0.2, 0) is 4.79 Å². The van der Waals surface area contributed by atoms with E-state index in [1.807, 2.05) is 41.8 Å². The molecule has 0 radical (unpaired) electrons. The van der Waals surface area contributed by atoms with Gasteiger partial charge in [0.1, 0.15) is 6.10 Å². The Morgan fingerprint density at radius 2 is 1.81 bits per heavy atom. The molecule has 2 unspecified atom stereocenters. The number of para-hydroxylation sites is 2. The zero-order valence-electron chi connectivity index (χ0n) is 13.8. The predicted octanol–water partition coefficient (Wildman–Crippen LogP) is 4.63. The molecule has 0 saturated heterocycles. The van der Waals surface area contributed by atoms with Gasteiger partial charge >= 0.3 is 0 Å². The number of thiazole rings is 1. The van der Waals surface area contributed by atoms with Crippen LogP contribution in [0, 0.1) is 0 Å². The molecule has 2 atom stereocenters. The number of ether oxygens (including phenoxy) is 2. The second kappa shape index (κ2) is 6.97. The molecule has 1 aromatic heterocycles. The Hall–Kier alpha value is -2.57. The maximum atomic E-state index is 12.6. The summed E-state index contributed by atoms with van der Waals surface area (Å²) in [5.74, 6) is 0.896. The molecule has 4 rings (SSSR count). The van der Waals surface area contributed by atoms with Gasteiger partial charge in [-0.15, -0.1) is 11.3 Å². The van der Waals surface area contributed by atoms with E-state index in [0.29, 0.717) is 21.7 Å². The summed E-state index contributed by atoms with van der Waals surface area (Å²) in [4.78, 5) is 17.1. The number of benzene rings is 2. The van der Waals surface area contributed by atoms with E-state index in [9.17, 15) is 4.79 Å². The average molecular weight is 387 g/mol. The van der Waals surface area contributed by atoms with Crippen molar-refractivity contribution in [2.24, 2.45) is 0 Å². The SMILES string of the molecule is CC1Oc2ccccc2OC1C(=O)Nc1nc(-c2ccccc2Cl)cs1. The van der Waals surface area contributed by atoms with Gasteiger partial charge in [-0.25, -0.2) is 4.98 Å². The average Bonchev–Trinajstić information content (AvgIpc) is 3.09. The van der Waals surface area contributed by atoms with Crippen molar-refractivity contribution in [2.75, 3.05) is 5.32 Å². The van der Waals surface area contributed by atoms with Gasteiger partial charge in [-0.05, 0) is 25.1 Å². The normalized spacial score (nSPS) is 18.4. The molecule has 26 heavy (non-hydrogen) atoms. The van der Waals surface area contributed by atoms with Crippen LogP contribution in [0.5, 0.6) is 11.5 Å². The summed E-state index contributed by atoms with van der Waals surface area (Å²) >= 11 is 7.54. The second-order valence-electron chi connectivity index (χ2n) is 5.82. The molecule has 5 nitrogen and oxygen atoms in total. The number of carbonyl (C=O) groups excluding carboxylic acids is 1. The van der Waals surface area contributed by atoms with Gasteiger partial charge in [-0.3, -0.25) is 10.1 Å². The minimum Gasteiger partial charge on any atom is -0.482 e. The molecule has 7 heteroatoms. The highest BCUT2D eigenvalue weighted by Crippen LogP contribution is 2.34. The van der Waals surface area contributed by atoms with Crippen molar-refractivity contribution in [3.63, 3.8) is 0 Å². The summed E-state index contributed by atoms with van der Waals surface area (Å²) in [5, 5.41) is 5.76. The molecule has 2 aromatic carbocycles. The fourth-order valence-corrected chi connectivity index (χ4v) is 3.65. The minimum atomic E-state index is -0.752. The molecule has 0 bridgehead atoms. The number of aromatic nitrogens is 1. The third-order valence-electron chi connectivity index (χ3n) is 3.98. The van der Waals surface area contributed by atoms with Crippen molar-refractivity contribution in [3.8, 4) is 22.8 Å². The van der Waals surface area contributed by atoms with Crippen LogP contribution in [-0.4, -0.2) is 23.1 Å². The molecule has 0 saturated carbocycles. The van der Waals surface area contributed by atoms with Crippen molar-refractivity contribution >= 4 is 34.0 Å². The van der Waals surface area contributed by atoms with Gasteiger partial charge in [0.25, 0.3) is 5.91 Å². The molecular weight excluding hydrogens is 372 g/mol. The molecule has 1 amide bonds. The third-order valence-corrected chi connectivity index (χ3v) is 5.07. The molecule has 1 aliphatic rings. The number of hydrogen-bond donors (Lipinski definition) is 1. The van der Waals surface area contributed by atoms with Gasteiger partial charge in [0.05, 0.1) is 5.69 Å². The molecule has 0 aliphatic carbocycles. The smallest absolute Gasteiger partial charge is 0.271 e. The lowest BCUT2D eigenvalue weighted by molar-refractivity contribution is -0.128. The van der Waals surface area contributed by atoms with Gasteiger partial charge in [-0.1, -0.05) is 41.9 Å². The predicted molar refractivity (Wildman–Crippen MR) is 102 cm³/mol. The van der Waals surface area contributed by atoms with E-state index >= 15 is 0 Å². The first-order valence-corrected chi connectivity index (χ1v) is 9.31. The summed E-state index contributed by atoms with van der Waals surface area (Å²) in [6, 6.07) is 14.7. The number of halogens is 1. The fourth-order valence-electron chi connectivity index (χ4n) is 2.71. The zero-order valence-corrected chi connectivity index (χ0v) is 15.4. The number of nitrogens with one attached hydrogen (secondary N) is 1. The van der Waals surface area contributed by atoms with Crippen molar-refractivity contribution in [2.45, 2.75) is 19.1 Å². The number of nitrogens with zero attached hydrogens (tertiary/aromatic N) is 1. The Balaban J connectivity index is 1.50. The molecule has 3 aromatic rings. The van der Waals surface area contributed by atoms with E-state index in [2.05, 4.69) is 10.3 Å². The Bertz CT molecular complexity index is 959. The quantitative estimate of drug-likeness (QED) is 0.712. The first-order valence-electron chi connectivity index (χ1n) is 8.05. The lowest BCUT2D eigenvalue weighted by atomic mass is 10.1. The van der Waals surface area contributed by atoms with E-state index in [4.69, 9.17) is 21.1 Å². The van der Waals surface area contributed by atoms with Crippen LogP contribution >= 0.6 is 22.9 Å². The van der Waals surface area contributed by atoms with E-state index < -0.39 is 12.2 Å². The Labute approximate surface area is 159 Å². The first kappa shape index (κ1) is 16.9. The first-order chi connectivity index (χ1) is 12.6. The molecule has 1 aliphatic heterocycles. The molecule has 2 heterocycles. The van der Waals surface area contributed by atoms with Gasteiger partial charge < -0.3 is 9.47 Å². The molecule has 0 fully saturated rings. The lowest BCUT2D eigenvalue weighted by Gasteiger charge is -2.30. The largest absolute Gasteiger partial charge is 0.482 e. The summed E-state index contributed by atoms with van der Waals surface area (Å²) < 4.78 is 11.6. The lowest BCUT2D eigenvalue weighted by Crippen LogP contribution is -2.46. The summed E-state index contributed by atoms with van der Waals surface area (Å²) in [7, 11) is 0. The number of amides is 1. The highest BCUT2D eigenvalue weighted by molar-refractivity contribution is 7.14. The maximum Gasteiger partial charge on any atom is 0.271 e. The van der Waals surface area contributed by atoms with Crippen molar-refractivity contribution in [3.05, 3.63) is 58.9 Å². The number of carbonyl (C=O) groups is 1. The fraction of sp³-hybridized carbons (Fsp3) is 0.158. The summed E-state index contributed by atoms with van der Waals surface area (Å²) in [6.07, 6.45) is -1.16. The third kappa shape index (κ3) is 3.25. The standard InChI is InChI=1S/C19H15ClN2O3S/c1-11-17(25-16-9-5-4-8-15(16)24-11)18(23)22-19-21-14(10-26-19)12-6-2-3-7-13(12)20/h2-11,17H,1H3,(H,21,22,23). The van der Waals surface area contributed by atoms with Crippen LogP contribution in [0.25, 0.3) is 11.3 Å². The van der Waals surface area contributed by atoms with Gasteiger partial charge in [0, 0.05) is 16.0 Å². The monoisotopic (exact) mass is 386 g/mol. The summed E-state index contributed by atoms with van der Waals surface area (Å²) in [6.45, 7) is 1.80. The van der Waals surface area contributed by atoms with Crippen molar-refractivity contribution < 1.29 is 14.3 Å². The highest BCUT2D eigenvalue weighted by atomic mass is 35.5. The van der Waals surface area contributed by atoms with Crippen LogP contribution in [0.2, 0.25) is 5.02 Å². The van der Waals surface area contributed by atoms with Crippen LogP contribution in [0.4, 0.5) is 5.13 Å². The second-order valence-corrected chi connectivity index (χ2v) is 7.08. The molecule has 132 valence electrons. The Kier molecular flexibility index (Phi) is 4.53. The minimum absolute atomic E-state index is 0.299. The van der Waals surface area contributed by atoms with E-state index in [1.54, 1.807) is 19.1 Å². The highest BCUT2D eigenvalue weighted by Gasteiger charge is 2.34. The van der Waals surface area contributed by atoms with E-state index in [-0.39, 0.29) is 5.91 Å². The van der Waals surface area contributed by atoms with E-state index in [1.165, 1.54) is 11.3 Å². The summed E-state index contributed by atoms with van der Waals surface area (Å²) in [5.41, 5.74) is 1.54. The van der Waals surface area contributed by atoms with Gasteiger partial charge in [0.15, 0.2) is 16.6 Å². The maximum absolute atomic E-state index is 12.6. The number of fused-ring (bicyclic) bond motifs is 1. The van der Waals surface area contributed by atoms with Crippen LogP contribution < -0.4 is 14.8 Å². The van der Waals surface area contributed by atoms with E-state index in [0.717, 1.165) is 11.3 Å². The van der Waals surface area contributed by atoms with Crippen LogP contribution in [0.15, 0.2) is 53.9 Å². The molecule has 0 spiro atoms. The number of anilines is 1. The molecule has 1 N–H and O–H groups in total. The Morgan fingerprint density at radius 1 is 1.12 bits per heavy atom. The number of rotatable bonds is 3. The van der Waals surface area contributed by atoms with Gasteiger partial charge in [-0.2, -0.15) is 0 Å².